The fourth-order valence-electron chi connectivity index (χ4n) is 4.60. The van der Waals surface area contributed by atoms with Crippen LogP contribution in [0.15, 0.2) is 51.5 Å². The first-order valence-electron chi connectivity index (χ1n) is 14.7. The highest BCUT2D eigenvalue weighted by Crippen LogP contribution is 2.28. The van der Waals surface area contributed by atoms with E-state index in [1.54, 1.807) is 19.1 Å². The molecule has 1 saturated heterocycles. The van der Waals surface area contributed by atoms with Crippen molar-refractivity contribution in [3.63, 3.8) is 0 Å². The number of hydrogen-bond acceptors (Lipinski definition) is 11. The maximum absolute atomic E-state index is 15.0. The number of rotatable bonds is 12. The molecule has 5 rings (SSSR count). The molecule has 14 heteroatoms. The van der Waals surface area contributed by atoms with Crippen LogP contribution < -0.4 is 15.4 Å². The summed E-state index contributed by atoms with van der Waals surface area (Å²) in [5.41, 5.74) is 0.961. The van der Waals surface area contributed by atoms with Gasteiger partial charge >= 0.3 is 5.97 Å². The van der Waals surface area contributed by atoms with E-state index in [4.69, 9.17) is 18.5 Å². The van der Waals surface area contributed by atoms with Gasteiger partial charge in [-0.15, -0.1) is 12.4 Å². The Morgan fingerprint density at radius 3 is 2.31 bits per heavy atom. The highest BCUT2D eigenvalue weighted by Gasteiger charge is 2.25. The second kappa shape index (κ2) is 15.1. The fourth-order valence-corrected chi connectivity index (χ4v) is 4.60. The minimum absolute atomic E-state index is 0. The summed E-state index contributed by atoms with van der Waals surface area (Å²) >= 11 is 0. The molecule has 1 unspecified atom stereocenters. The molecule has 1 aliphatic heterocycles. The number of carbonyl (C=O) groups excluding carboxylic acids is 2. The van der Waals surface area contributed by atoms with E-state index in [0.717, 1.165) is 24.9 Å². The number of nitrogens with one attached hydrogen (secondary N) is 2. The van der Waals surface area contributed by atoms with E-state index in [2.05, 4.69) is 30.9 Å². The Kier molecular flexibility index (Phi) is 11.2. The van der Waals surface area contributed by atoms with Crippen molar-refractivity contribution in [3.05, 3.63) is 65.6 Å². The molecule has 45 heavy (non-hydrogen) atoms. The topological polar surface area (TPSA) is 154 Å². The molecule has 0 bridgehead atoms. The normalized spacial score (nSPS) is 15.7. The molecule has 12 nitrogen and oxygen atoms in total. The molecule has 2 N–H and O–H groups in total. The first kappa shape index (κ1) is 33.5. The zero-order chi connectivity index (χ0) is 31.2. The summed E-state index contributed by atoms with van der Waals surface area (Å²) in [6, 6.07) is 10.5. The monoisotopic (exact) mass is 642 g/mol. The van der Waals surface area contributed by atoms with Crippen molar-refractivity contribution < 1.29 is 32.5 Å². The molecule has 3 atom stereocenters. The van der Waals surface area contributed by atoms with Gasteiger partial charge in [0.25, 0.3) is 11.8 Å². The van der Waals surface area contributed by atoms with Crippen molar-refractivity contribution in [2.75, 3.05) is 13.2 Å². The van der Waals surface area contributed by atoms with E-state index < -0.39 is 23.9 Å². The van der Waals surface area contributed by atoms with Crippen molar-refractivity contribution in [1.29, 1.82) is 0 Å². The number of benzene rings is 2. The molecule has 0 spiro atoms. The Morgan fingerprint density at radius 1 is 1.02 bits per heavy atom. The SMILES string of the molecule is CCC(Oc1ccc(-c2noc(C(C)C)n2)cc1)c1nc(-c2ccc(C(=O)N[C@H](C)COC(=O)[C@@H]3CCCN3)c(F)c2)no1.Cl. The lowest BCUT2D eigenvalue weighted by atomic mass is 10.1. The Labute approximate surface area is 265 Å². The molecule has 1 amide bonds. The molecule has 240 valence electrons. The van der Waals surface area contributed by atoms with E-state index in [0.29, 0.717) is 29.4 Å². The van der Waals surface area contributed by atoms with Gasteiger partial charge in [-0.1, -0.05) is 37.2 Å². The number of esters is 1. The van der Waals surface area contributed by atoms with Crippen molar-refractivity contribution in [2.45, 2.75) is 71.1 Å². The Hall–Kier alpha value is -4.36. The van der Waals surface area contributed by atoms with Gasteiger partial charge < -0.3 is 29.2 Å². The lowest BCUT2D eigenvalue weighted by Crippen LogP contribution is -2.39. The predicted octanol–water partition coefficient (Wildman–Crippen LogP) is 5.41. The van der Waals surface area contributed by atoms with Crippen LogP contribution in [0.3, 0.4) is 0 Å². The third-order valence-corrected chi connectivity index (χ3v) is 7.08. The summed E-state index contributed by atoms with van der Waals surface area (Å²) in [4.78, 5) is 33.6. The molecule has 3 heterocycles. The molecule has 1 aliphatic rings. The first-order chi connectivity index (χ1) is 21.2. The maximum Gasteiger partial charge on any atom is 0.323 e. The van der Waals surface area contributed by atoms with E-state index in [1.165, 1.54) is 18.2 Å². The Morgan fingerprint density at radius 2 is 1.69 bits per heavy atom. The van der Waals surface area contributed by atoms with E-state index in [-0.39, 0.29) is 54.2 Å². The molecular weight excluding hydrogens is 607 g/mol. The van der Waals surface area contributed by atoms with Crippen molar-refractivity contribution in [2.24, 2.45) is 0 Å². The van der Waals surface area contributed by atoms with E-state index >= 15 is 0 Å². The number of aromatic nitrogens is 4. The minimum atomic E-state index is -0.754. The molecule has 0 radical (unpaired) electrons. The average Bonchev–Trinajstić information content (AvgIpc) is 3.81. The smallest absolute Gasteiger partial charge is 0.323 e. The van der Waals surface area contributed by atoms with Gasteiger partial charge in [-0.25, -0.2) is 4.39 Å². The molecule has 4 aromatic rings. The fraction of sp³-hybridized carbons (Fsp3) is 0.419. The van der Waals surface area contributed by atoms with Crippen LogP contribution in [0.25, 0.3) is 22.8 Å². The summed E-state index contributed by atoms with van der Waals surface area (Å²) in [5.74, 6) is 0.421. The highest BCUT2D eigenvalue weighted by molar-refractivity contribution is 5.95. The van der Waals surface area contributed by atoms with Gasteiger partial charge in [0, 0.05) is 17.0 Å². The maximum atomic E-state index is 15.0. The van der Waals surface area contributed by atoms with E-state index in [9.17, 15) is 14.0 Å². The summed E-state index contributed by atoms with van der Waals surface area (Å²) in [7, 11) is 0. The number of nitrogens with zero attached hydrogens (tertiary/aromatic N) is 4. The van der Waals surface area contributed by atoms with Crippen LogP contribution in [0.4, 0.5) is 4.39 Å². The lowest BCUT2D eigenvalue weighted by Gasteiger charge is -2.16. The minimum Gasteiger partial charge on any atom is -0.481 e. The third kappa shape index (κ3) is 8.22. The molecule has 1 fully saturated rings. The number of carbonyl (C=O) groups is 2. The van der Waals surface area contributed by atoms with Gasteiger partial charge in [-0.3, -0.25) is 9.59 Å². The third-order valence-electron chi connectivity index (χ3n) is 7.08. The zero-order valence-corrected chi connectivity index (χ0v) is 26.2. The van der Waals surface area contributed by atoms with Crippen LogP contribution in [-0.2, 0) is 9.53 Å². The second-order valence-corrected chi connectivity index (χ2v) is 11.0. The van der Waals surface area contributed by atoms with Gasteiger partial charge in [-0.2, -0.15) is 9.97 Å². The van der Waals surface area contributed by atoms with Gasteiger partial charge in [0.2, 0.25) is 17.5 Å². The van der Waals surface area contributed by atoms with Gasteiger partial charge in [-0.05, 0) is 69.1 Å². The zero-order valence-electron chi connectivity index (χ0n) is 25.4. The van der Waals surface area contributed by atoms with Gasteiger partial charge in [0.05, 0.1) is 11.6 Å². The summed E-state index contributed by atoms with van der Waals surface area (Å²) in [6.07, 6.45) is 1.62. The quantitative estimate of drug-likeness (QED) is 0.190. The molecule has 0 aliphatic carbocycles. The number of hydrogen-bond donors (Lipinski definition) is 2. The van der Waals surface area contributed by atoms with Crippen LogP contribution in [0.1, 0.15) is 81.1 Å². The standard InChI is InChI=1S/C31H35FN6O6.ClH/c1-5-25(42-21-11-8-19(9-12-21)26-35-29(17(2)3)43-37-26)30-36-27(38-44-30)20-10-13-22(23(32)15-20)28(39)34-18(4)16-41-31(40)24-7-6-14-33-24;/h8-13,15,17-18,24-25,33H,5-7,14,16H2,1-4H3,(H,34,39);1H/t18-,24+,25?;/m1./s1. The molecule has 0 saturated carbocycles. The lowest BCUT2D eigenvalue weighted by molar-refractivity contribution is -0.146. The molecular formula is C31H36ClFN6O6. The van der Waals surface area contributed by atoms with Crippen molar-refractivity contribution in [1.82, 2.24) is 30.9 Å². The summed E-state index contributed by atoms with van der Waals surface area (Å²) in [6.45, 7) is 8.31. The largest absolute Gasteiger partial charge is 0.481 e. The number of ether oxygens (including phenoxy) is 2. The van der Waals surface area contributed by atoms with Crippen LogP contribution in [0.5, 0.6) is 5.75 Å². The van der Waals surface area contributed by atoms with Crippen molar-refractivity contribution in [3.8, 4) is 28.5 Å². The second-order valence-electron chi connectivity index (χ2n) is 11.0. The predicted molar refractivity (Wildman–Crippen MR) is 163 cm³/mol. The molecule has 2 aromatic heterocycles. The molecule has 2 aromatic carbocycles. The summed E-state index contributed by atoms with van der Waals surface area (Å²) < 4.78 is 37.1. The number of amides is 1. The summed E-state index contributed by atoms with van der Waals surface area (Å²) in [5, 5.41) is 13.7. The number of halogens is 2. The van der Waals surface area contributed by atoms with E-state index in [1.807, 2.05) is 32.9 Å². The van der Waals surface area contributed by atoms with Crippen LogP contribution in [-0.4, -0.2) is 57.4 Å². The van der Waals surface area contributed by atoms with Crippen LogP contribution in [0.2, 0.25) is 0 Å². The van der Waals surface area contributed by atoms with Crippen LogP contribution >= 0.6 is 12.4 Å². The Balaban J connectivity index is 0.00000461. The first-order valence-corrected chi connectivity index (χ1v) is 14.7. The highest BCUT2D eigenvalue weighted by atomic mass is 35.5. The van der Waals surface area contributed by atoms with Gasteiger partial charge in [0.1, 0.15) is 24.2 Å². The average molecular weight is 643 g/mol. The van der Waals surface area contributed by atoms with Crippen molar-refractivity contribution >= 4 is 24.3 Å². The van der Waals surface area contributed by atoms with Crippen LogP contribution in [0, 0.1) is 5.82 Å². The Bertz CT molecular complexity index is 1590. The van der Waals surface area contributed by atoms with Gasteiger partial charge in [0.15, 0.2) is 6.10 Å².